The average Bonchev–Trinajstić information content (AvgIpc) is 3.09. The van der Waals surface area contributed by atoms with E-state index in [1.807, 2.05) is 32.0 Å². The van der Waals surface area contributed by atoms with E-state index >= 15 is 0 Å². The van der Waals surface area contributed by atoms with Gasteiger partial charge in [-0.05, 0) is 44.6 Å². The Kier molecular flexibility index (Phi) is 4.50. The number of nitrogens with zero attached hydrogens (tertiary/aromatic N) is 1. The number of likely N-dealkylation sites (tertiary alicyclic amines) is 1. The van der Waals surface area contributed by atoms with Crippen LogP contribution >= 0.6 is 0 Å². The van der Waals surface area contributed by atoms with E-state index in [2.05, 4.69) is 27.9 Å². The molecule has 120 valence electrons. The molecule has 1 aromatic rings. The van der Waals surface area contributed by atoms with Crippen molar-refractivity contribution in [2.75, 3.05) is 19.6 Å². The molecule has 2 saturated heterocycles. The van der Waals surface area contributed by atoms with Crippen molar-refractivity contribution >= 4 is 5.91 Å². The molecule has 0 spiro atoms. The first-order valence-corrected chi connectivity index (χ1v) is 8.42. The van der Waals surface area contributed by atoms with Crippen molar-refractivity contribution in [1.82, 2.24) is 15.8 Å². The Bertz CT molecular complexity index is 508. The molecular weight excluding hydrogens is 274 g/mol. The molecule has 2 atom stereocenters. The monoisotopic (exact) mass is 301 g/mol. The fourth-order valence-electron chi connectivity index (χ4n) is 3.75. The van der Waals surface area contributed by atoms with E-state index in [4.69, 9.17) is 0 Å². The first kappa shape index (κ1) is 15.5. The van der Waals surface area contributed by atoms with Gasteiger partial charge < -0.3 is 4.90 Å². The number of nitrogens with one attached hydrogen (secondary N) is 2. The number of rotatable bonds is 3. The van der Waals surface area contributed by atoms with Gasteiger partial charge in [0, 0.05) is 25.7 Å². The van der Waals surface area contributed by atoms with Crippen LogP contribution in [-0.4, -0.2) is 36.5 Å². The third-order valence-corrected chi connectivity index (χ3v) is 5.21. The summed E-state index contributed by atoms with van der Waals surface area (Å²) in [5, 5.41) is 0. The summed E-state index contributed by atoms with van der Waals surface area (Å²) < 4.78 is 0. The van der Waals surface area contributed by atoms with Crippen molar-refractivity contribution in [1.29, 1.82) is 0 Å². The Morgan fingerprint density at radius 1 is 1.23 bits per heavy atom. The summed E-state index contributed by atoms with van der Waals surface area (Å²) >= 11 is 0. The molecule has 0 aliphatic carbocycles. The highest BCUT2D eigenvalue weighted by Gasteiger charge is 2.37. The minimum atomic E-state index is -0.454. The van der Waals surface area contributed by atoms with E-state index in [-0.39, 0.29) is 5.91 Å². The van der Waals surface area contributed by atoms with Crippen LogP contribution in [0.15, 0.2) is 30.3 Å². The van der Waals surface area contributed by atoms with Gasteiger partial charge in [0.2, 0.25) is 5.91 Å². The number of hydrogen-bond acceptors (Lipinski definition) is 3. The second-order valence-corrected chi connectivity index (χ2v) is 7.11. The molecule has 2 aliphatic heterocycles. The van der Waals surface area contributed by atoms with Crippen molar-refractivity contribution in [3.8, 4) is 0 Å². The standard InChI is InChI=1S/C18H27N3O/c1-18(2,15-8-4-3-5-9-15)17(22)21-12-6-7-14(13-21)16-10-11-19-20-16/h3-5,8-9,14,16,19-20H,6-7,10-13H2,1-2H3. The lowest BCUT2D eigenvalue weighted by Crippen LogP contribution is -2.51. The van der Waals surface area contributed by atoms with E-state index in [0.29, 0.717) is 12.0 Å². The molecule has 0 aromatic heterocycles. The summed E-state index contributed by atoms with van der Waals surface area (Å²) in [6.07, 6.45) is 3.49. The zero-order chi connectivity index (χ0) is 15.6. The highest BCUT2D eigenvalue weighted by molar-refractivity contribution is 5.87. The van der Waals surface area contributed by atoms with Gasteiger partial charge in [0.05, 0.1) is 5.41 Å². The van der Waals surface area contributed by atoms with Crippen molar-refractivity contribution in [2.45, 2.75) is 44.6 Å². The molecule has 0 bridgehead atoms. The summed E-state index contributed by atoms with van der Waals surface area (Å²) in [4.78, 5) is 15.2. The molecule has 1 amide bonds. The van der Waals surface area contributed by atoms with Crippen molar-refractivity contribution < 1.29 is 4.79 Å². The maximum atomic E-state index is 13.1. The van der Waals surface area contributed by atoms with E-state index < -0.39 is 5.41 Å². The van der Waals surface area contributed by atoms with Gasteiger partial charge in [0.25, 0.3) is 0 Å². The minimum absolute atomic E-state index is 0.259. The second kappa shape index (κ2) is 6.39. The molecule has 2 aliphatic rings. The molecule has 3 rings (SSSR count). The van der Waals surface area contributed by atoms with Gasteiger partial charge in [0.1, 0.15) is 0 Å². The molecular formula is C18H27N3O. The van der Waals surface area contributed by atoms with Gasteiger partial charge in [-0.2, -0.15) is 0 Å². The second-order valence-electron chi connectivity index (χ2n) is 7.11. The fourth-order valence-corrected chi connectivity index (χ4v) is 3.75. The van der Waals surface area contributed by atoms with Crippen molar-refractivity contribution in [2.24, 2.45) is 5.92 Å². The maximum Gasteiger partial charge on any atom is 0.232 e. The maximum absolute atomic E-state index is 13.1. The number of piperidine rings is 1. The highest BCUT2D eigenvalue weighted by Crippen LogP contribution is 2.29. The van der Waals surface area contributed by atoms with E-state index in [1.54, 1.807) is 0 Å². The summed E-state index contributed by atoms with van der Waals surface area (Å²) in [7, 11) is 0. The fraction of sp³-hybridized carbons (Fsp3) is 0.611. The quantitative estimate of drug-likeness (QED) is 0.898. The Labute approximate surface area is 133 Å². The minimum Gasteiger partial charge on any atom is -0.342 e. The van der Waals surface area contributed by atoms with Gasteiger partial charge in [0.15, 0.2) is 0 Å². The van der Waals surface area contributed by atoms with Gasteiger partial charge in [-0.15, -0.1) is 0 Å². The number of carbonyl (C=O) groups is 1. The van der Waals surface area contributed by atoms with Crippen LogP contribution in [-0.2, 0) is 10.2 Å². The molecule has 2 fully saturated rings. The molecule has 4 nitrogen and oxygen atoms in total. The lowest BCUT2D eigenvalue weighted by Gasteiger charge is -2.39. The molecule has 22 heavy (non-hydrogen) atoms. The van der Waals surface area contributed by atoms with Crippen LogP contribution in [0.1, 0.15) is 38.7 Å². The van der Waals surface area contributed by atoms with E-state index in [1.165, 1.54) is 6.42 Å². The number of hydrogen-bond donors (Lipinski definition) is 2. The number of carbonyl (C=O) groups excluding carboxylic acids is 1. The van der Waals surface area contributed by atoms with Crippen LogP contribution in [0.25, 0.3) is 0 Å². The molecule has 2 heterocycles. The number of benzene rings is 1. The molecule has 4 heteroatoms. The smallest absolute Gasteiger partial charge is 0.232 e. The summed E-state index contributed by atoms with van der Waals surface area (Å²) in [5.74, 6) is 0.827. The number of hydrazine groups is 1. The van der Waals surface area contributed by atoms with Crippen molar-refractivity contribution in [3.63, 3.8) is 0 Å². The predicted octanol–water partition coefficient (Wildman–Crippen LogP) is 2.07. The van der Waals surface area contributed by atoms with Crippen LogP contribution in [0, 0.1) is 5.92 Å². The largest absolute Gasteiger partial charge is 0.342 e. The molecule has 1 aromatic carbocycles. The van der Waals surface area contributed by atoms with E-state index in [0.717, 1.165) is 38.0 Å². The van der Waals surface area contributed by atoms with Crippen LogP contribution < -0.4 is 10.9 Å². The molecule has 0 saturated carbocycles. The summed E-state index contributed by atoms with van der Waals surface area (Å²) in [5.41, 5.74) is 7.23. The summed E-state index contributed by atoms with van der Waals surface area (Å²) in [6, 6.07) is 10.6. The Morgan fingerprint density at radius 3 is 2.68 bits per heavy atom. The zero-order valence-electron chi connectivity index (χ0n) is 13.6. The summed E-state index contributed by atoms with van der Waals surface area (Å²) in [6.45, 7) is 6.90. The van der Waals surface area contributed by atoms with Gasteiger partial charge >= 0.3 is 0 Å². The lowest BCUT2D eigenvalue weighted by molar-refractivity contribution is -0.138. The lowest BCUT2D eigenvalue weighted by atomic mass is 9.81. The van der Waals surface area contributed by atoms with Gasteiger partial charge in [-0.1, -0.05) is 30.3 Å². The SMILES string of the molecule is CC(C)(C(=O)N1CCCC(C2CCNN2)C1)c1ccccc1. The first-order chi connectivity index (χ1) is 10.6. The highest BCUT2D eigenvalue weighted by atomic mass is 16.2. The Morgan fingerprint density at radius 2 is 2.00 bits per heavy atom. The van der Waals surface area contributed by atoms with Crippen LogP contribution in [0.4, 0.5) is 0 Å². The van der Waals surface area contributed by atoms with Crippen LogP contribution in [0.3, 0.4) is 0 Å². The predicted molar refractivity (Wildman–Crippen MR) is 88.3 cm³/mol. The third kappa shape index (κ3) is 3.03. The number of amides is 1. The molecule has 0 radical (unpaired) electrons. The average molecular weight is 301 g/mol. The van der Waals surface area contributed by atoms with Crippen molar-refractivity contribution in [3.05, 3.63) is 35.9 Å². The first-order valence-electron chi connectivity index (χ1n) is 8.42. The zero-order valence-corrected chi connectivity index (χ0v) is 13.6. The van der Waals surface area contributed by atoms with Crippen LogP contribution in [0.2, 0.25) is 0 Å². The van der Waals surface area contributed by atoms with Gasteiger partial charge in [-0.3, -0.25) is 15.6 Å². The Balaban J connectivity index is 1.71. The molecule has 2 N–H and O–H groups in total. The van der Waals surface area contributed by atoms with Crippen LogP contribution in [0.5, 0.6) is 0 Å². The molecule has 2 unspecified atom stereocenters. The normalized spacial score (nSPS) is 26.2. The third-order valence-electron chi connectivity index (χ3n) is 5.21. The Hall–Kier alpha value is -1.39. The van der Waals surface area contributed by atoms with Gasteiger partial charge in [-0.25, -0.2) is 0 Å². The van der Waals surface area contributed by atoms with E-state index in [9.17, 15) is 4.79 Å². The topological polar surface area (TPSA) is 44.4 Å².